The zero-order chi connectivity index (χ0) is 47.2. The third-order valence-corrected chi connectivity index (χ3v) is 12.4. The molecule has 0 aromatic carbocycles. The van der Waals surface area contributed by atoms with Crippen molar-refractivity contribution in [3.63, 3.8) is 0 Å². The van der Waals surface area contributed by atoms with E-state index in [2.05, 4.69) is 69.4 Å². The second kappa shape index (κ2) is 54.0. The van der Waals surface area contributed by atoms with E-state index in [0.29, 0.717) is 19.3 Å². The lowest BCUT2D eigenvalue weighted by Gasteiger charge is -2.18. The fourth-order valence-corrected chi connectivity index (χ4v) is 8.07. The summed E-state index contributed by atoms with van der Waals surface area (Å²) in [6.07, 6.45) is 65.3. The predicted molar refractivity (Wildman–Crippen MR) is 279 cm³/mol. The van der Waals surface area contributed by atoms with Gasteiger partial charge in [-0.05, 0) is 70.6 Å². The minimum atomic E-state index is -0.779. The zero-order valence-electron chi connectivity index (χ0n) is 43.3. The third-order valence-electron chi connectivity index (χ3n) is 12.4. The maximum Gasteiger partial charge on any atom is 0.306 e. The van der Waals surface area contributed by atoms with Crippen molar-refractivity contribution in [2.45, 2.75) is 297 Å². The highest BCUT2D eigenvalue weighted by molar-refractivity contribution is 5.71. The topological polar surface area (TPSA) is 78.9 Å². The molecule has 1 unspecified atom stereocenters. The lowest BCUT2D eigenvalue weighted by Crippen LogP contribution is -2.30. The van der Waals surface area contributed by atoms with Crippen LogP contribution in [0.5, 0.6) is 0 Å². The Hall–Kier alpha value is -2.63. The van der Waals surface area contributed by atoms with Crippen LogP contribution in [0.4, 0.5) is 0 Å². The highest BCUT2D eigenvalue weighted by Crippen LogP contribution is 2.15. The summed E-state index contributed by atoms with van der Waals surface area (Å²) >= 11 is 0. The number of carbonyl (C=O) groups is 3. The van der Waals surface area contributed by atoms with Crippen LogP contribution in [0.1, 0.15) is 290 Å². The molecule has 0 spiro atoms. The summed E-state index contributed by atoms with van der Waals surface area (Å²) in [6.45, 7) is 6.60. The quantitative estimate of drug-likeness (QED) is 0.0262. The third kappa shape index (κ3) is 52.2. The van der Waals surface area contributed by atoms with Crippen LogP contribution in [-0.2, 0) is 28.6 Å². The fraction of sp³-hybridized carbons (Fsp3) is 0.814. The van der Waals surface area contributed by atoms with E-state index in [1.54, 1.807) is 0 Å². The van der Waals surface area contributed by atoms with Gasteiger partial charge in [0.2, 0.25) is 0 Å². The summed E-state index contributed by atoms with van der Waals surface area (Å²) < 4.78 is 16.8. The van der Waals surface area contributed by atoms with Crippen LogP contribution in [0.3, 0.4) is 0 Å². The number of allylic oxidation sites excluding steroid dienone is 8. The molecule has 0 aromatic rings. The Kier molecular flexibility index (Phi) is 51.8. The normalized spacial score (nSPS) is 12.4. The van der Waals surface area contributed by atoms with Crippen molar-refractivity contribution in [3.8, 4) is 0 Å². The number of ether oxygens (including phenoxy) is 3. The van der Waals surface area contributed by atoms with Gasteiger partial charge < -0.3 is 14.2 Å². The largest absolute Gasteiger partial charge is 0.462 e. The molecular weight excluding hydrogens is 805 g/mol. The molecule has 0 heterocycles. The summed E-state index contributed by atoms with van der Waals surface area (Å²) in [4.78, 5) is 38.0. The van der Waals surface area contributed by atoms with Gasteiger partial charge in [-0.3, -0.25) is 14.4 Å². The fourth-order valence-electron chi connectivity index (χ4n) is 8.07. The van der Waals surface area contributed by atoms with Gasteiger partial charge in [-0.15, -0.1) is 0 Å². The predicted octanol–water partition coefficient (Wildman–Crippen LogP) is 18.7. The molecule has 0 fully saturated rings. The summed E-state index contributed by atoms with van der Waals surface area (Å²) in [7, 11) is 0. The molecule has 6 nitrogen and oxygen atoms in total. The second-order valence-electron chi connectivity index (χ2n) is 18.9. The molecule has 0 aliphatic rings. The second-order valence-corrected chi connectivity index (χ2v) is 18.9. The van der Waals surface area contributed by atoms with Gasteiger partial charge in [0.25, 0.3) is 0 Å². The Morgan fingerprint density at radius 3 is 0.846 bits per heavy atom. The maximum absolute atomic E-state index is 12.8. The van der Waals surface area contributed by atoms with Crippen LogP contribution in [0.25, 0.3) is 0 Å². The molecule has 0 aliphatic carbocycles. The summed E-state index contributed by atoms with van der Waals surface area (Å²) in [5.41, 5.74) is 0. The van der Waals surface area contributed by atoms with Gasteiger partial charge in [0.1, 0.15) is 13.2 Å². The molecule has 1 atom stereocenters. The molecule has 0 radical (unpaired) electrons. The highest BCUT2D eigenvalue weighted by Gasteiger charge is 2.19. The summed E-state index contributed by atoms with van der Waals surface area (Å²) in [5, 5.41) is 0. The molecule has 0 rings (SSSR count). The lowest BCUT2D eigenvalue weighted by molar-refractivity contribution is -0.167. The van der Waals surface area contributed by atoms with E-state index in [1.807, 2.05) is 0 Å². The number of carbonyl (C=O) groups excluding carboxylic acids is 3. The molecule has 0 N–H and O–H groups in total. The van der Waals surface area contributed by atoms with Crippen molar-refractivity contribution in [2.24, 2.45) is 0 Å². The van der Waals surface area contributed by atoms with E-state index >= 15 is 0 Å². The maximum atomic E-state index is 12.8. The number of hydrogen-bond donors (Lipinski definition) is 0. The smallest absolute Gasteiger partial charge is 0.306 e. The van der Waals surface area contributed by atoms with Crippen LogP contribution in [-0.4, -0.2) is 37.2 Å². The van der Waals surface area contributed by atoms with Crippen molar-refractivity contribution < 1.29 is 28.6 Å². The van der Waals surface area contributed by atoms with Gasteiger partial charge in [-0.25, -0.2) is 0 Å². The molecular formula is C59H106O6. The van der Waals surface area contributed by atoms with E-state index in [-0.39, 0.29) is 31.1 Å². The van der Waals surface area contributed by atoms with Gasteiger partial charge in [-0.1, -0.05) is 249 Å². The monoisotopic (exact) mass is 911 g/mol. The zero-order valence-corrected chi connectivity index (χ0v) is 43.3. The number of unbranched alkanes of at least 4 members (excludes halogenated alkanes) is 34. The van der Waals surface area contributed by atoms with Crippen LogP contribution in [0.15, 0.2) is 48.6 Å². The minimum Gasteiger partial charge on any atom is -0.462 e. The van der Waals surface area contributed by atoms with E-state index in [0.717, 1.165) is 77.0 Å². The molecule has 0 amide bonds. The molecule has 0 saturated carbocycles. The van der Waals surface area contributed by atoms with Gasteiger partial charge >= 0.3 is 17.9 Å². The minimum absolute atomic E-state index is 0.0780. The first kappa shape index (κ1) is 62.4. The first-order chi connectivity index (χ1) is 32.0. The van der Waals surface area contributed by atoms with Crippen LogP contribution < -0.4 is 0 Å². The van der Waals surface area contributed by atoms with Crippen molar-refractivity contribution in [1.82, 2.24) is 0 Å². The molecule has 0 saturated heterocycles. The molecule has 378 valence electrons. The van der Waals surface area contributed by atoms with Crippen molar-refractivity contribution in [1.29, 1.82) is 0 Å². The van der Waals surface area contributed by atoms with Gasteiger partial charge in [0.15, 0.2) is 6.10 Å². The average molecular weight is 911 g/mol. The first-order valence-corrected chi connectivity index (χ1v) is 28.2. The van der Waals surface area contributed by atoms with Crippen LogP contribution in [0, 0.1) is 0 Å². The summed E-state index contributed by atoms with van der Waals surface area (Å²) in [6, 6.07) is 0. The molecule has 0 bridgehead atoms. The average Bonchev–Trinajstić information content (AvgIpc) is 3.30. The standard InChI is InChI=1S/C59H106O6/c1-4-7-10-13-16-19-22-24-26-28-30-32-33-35-37-40-43-46-49-52-58(61)64-55-56(54-63-57(60)51-48-45-42-39-21-18-15-12-9-6-3)65-59(62)53-50-47-44-41-38-36-34-31-29-27-25-23-20-17-14-11-8-5-2/h16,19,22,24,27,29,31,34,56H,4-15,17-18,20-21,23,25-26,28,30,32-33,35-55H2,1-3H3/b19-16-,24-22-,29-27-,34-31-. The number of rotatable bonds is 51. The SMILES string of the molecule is CCCCC/C=C\C=C/CCCCCCCCCCCCC(=O)OCC(COC(=O)CCCCCCCCCCCC)OC(=O)CCCCCCC/C=C\C=C/CCCCCCCCC. The number of hydrogen-bond acceptors (Lipinski definition) is 6. The van der Waals surface area contributed by atoms with Gasteiger partial charge in [0.05, 0.1) is 0 Å². The van der Waals surface area contributed by atoms with E-state index in [4.69, 9.17) is 14.2 Å². The summed E-state index contributed by atoms with van der Waals surface area (Å²) in [5.74, 6) is -0.887. The van der Waals surface area contributed by atoms with Crippen LogP contribution in [0.2, 0.25) is 0 Å². The van der Waals surface area contributed by atoms with Crippen molar-refractivity contribution >= 4 is 17.9 Å². The van der Waals surface area contributed by atoms with Gasteiger partial charge in [0, 0.05) is 19.3 Å². The molecule has 65 heavy (non-hydrogen) atoms. The van der Waals surface area contributed by atoms with Gasteiger partial charge in [-0.2, -0.15) is 0 Å². The highest BCUT2D eigenvalue weighted by atomic mass is 16.6. The lowest BCUT2D eigenvalue weighted by atomic mass is 10.1. The molecule has 0 aromatic heterocycles. The van der Waals surface area contributed by atoms with E-state index < -0.39 is 6.10 Å². The van der Waals surface area contributed by atoms with Crippen LogP contribution >= 0.6 is 0 Å². The first-order valence-electron chi connectivity index (χ1n) is 28.2. The molecule has 6 heteroatoms. The number of esters is 3. The van der Waals surface area contributed by atoms with E-state index in [9.17, 15) is 14.4 Å². The Morgan fingerprint density at radius 2 is 0.538 bits per heavy atom. The Morgan fingerprint density at radius 1 is 0.308 bits per heavy atom. The van der Waals surface area contributed by atoms with E-state index in [1.165, 1.54) is 173 Å². The van der Waals surface area contributed by atoms with Crippen molar-refractivity contribution in [2.75, 3.05) is 13.2 Å². The molecule has 0 aliphatic heterocycles. The Labute approximate surface area is 403 Å². The van der Waals surface area contributed by atoms with Crippen molar-refractivity contribution in [3.05, 3.63) is 48.6 Å². The Bertz CT molecular complexity index is 1140. The Balaban J connectivity index is 4.33.